The van der Waals surface area contributed by atoms with E-state index >= 15 is 0 Å². The van der Waals surface area contributed by atoms with Crippen LogP contribution < -0.4 is 10.6 Å². The monoisotopic (exact) mass is 532 g/mol. The Kier molecular flexibility index (Phi) is 6.98. The Labute approximate surface area is 216 Å². The minimum absolute atomic E-state index is 0.00337. The van der Waals surface area contributed by atoms with Crippen molar-refractivity contribution < 1.29 is 27.5 Å². The number of esters is 1. The number of aromatic nitrogens is 2. The van der Waals surface area contributed by atoms with E-state index in [-0.39, 0.29) is 24.4 Å². The molecule has 3 aromatic rings. The van der Waals surface area contributed by atoms with Gasteiger partial charge in [-0.15, -0.1) is 11.3 Å². The smallest absolute Gasteiger partial charge is 0.410 e. The first kappa shape index (κ1) is 25.3. The van der Waals surface area contributed by atoms with E-state index in [1.807, 2.05) is 6.92 Å². The van der Waals surface area contributed by atoms with Gasteiger partial charge in [-0.1, -0.05) is 37.3 Å². The van der Waals surface area contributed by atoms with Crippen LogP contribution in [0.25, 0.3) is 0 Å². The molecular formula is C26H27F3N4O3S. The molecule has 2 atom stereocenters. The lowest BCUT2D eigenvalue weighted by Crippen LogP contribution is -2.36. The van der Waals surface area contributed by atoms with Crippen LogP contribution in [0, 0.1) is 0 Å². The van der Waals surface area contributed by atoms with Crippen LogP contribution in [0.5, 0.6) is 0 Å². The van der Waals surface area contributed by atoms with E-state index < -0.39 is 30.1 Å². The summed E-state index contributed by atoms with van der Waals surface area (Å²) in [4.78, 5) is 27.3. The van der Waals surface area contributed by atoms with Gasteiger partial charge in [-0.05, 0) is 43.2 Å². The Balaban J connectivity index is 1.48. The van der Waals surface area contributed by atoms with E-state index in [9.17, 15) is 22.8 Å². The number of carbonyl (C=O) groups is 2. The standard InChI is InChI=1S/C26H27F3N4O3S/c1-2-12-36-25(35)21-16-10-6-7-11-19(16)37-24(21)32-23(34)17-14-30-33-20(26(27,28)29)13-18(31-22(17)33)15-8-4-3-5-9-15/h3-5,8-9,14,18,20,31H,2,6-7,10-13H2,1H3,(H,32,34)/t18-,20-/m0/s1. The van der Waals surface area contributed by atoms with Gasteiger partial charge in [-0.25, -0.2) is 9.48 Å². The number of hydrogen-bond acceptors (Lipinski definition) is 6. The molecule has 0 bridgehead atoms. The number of benzene rings is 1. The van der Waals surface area contributed by atoms with Crippen molar-refractivity contribution in [3.05, 3.63) is 63.7 Å². The molecule has 0 fully saturated rings. The average Bonchev–Trinajstić information content (AvgIpc) is 3.47. The quantitative estimate of drug-likeness (QED) is 0.364. The SMILES string of the molecule is CCCOC(=O)c1c(NC(=O)c2cnn3c2N[C@H](c2ccccc2)C[C@H]3C(F)(F)F)sc2c1CCCC2. The van der Waals surface area contributed by atoms with Gasteiger partial charge in [0.2, 0.25) is 0 Å². The molecule has 1 aliphatic heterocycles. The van der Waals surface area contributed by atoms with Gasteiger partial charge >= 0.3 is 12.1 Å². The second-order valence-corrected chi connectivity index (χ2v) is 10.4. The summed E-state index contributed by atoms with van der Waals surface area (Å²) in [7, 11) is 0. The zero-order chi connectivity index (χ0) is 26.2. The Bertz CT molecular complexity index is 1300. The minimum Gasteiger partial charge on any atom is -0.462 e. The van der Waals surface area contributed by atoms with Crippen molar-refractivity contribution in [3.8, 4) is 0 Å². The molecule has 0 saturated heterocycles. The van der Waals surface area contributed by atoms with Crippen molar-refractivity contribution in [3.63, 3.8) is 0 Å². The van der Waals surface area contributed by atoms with E-state index in [1.165, 1.54) is 11.3 Å². The van der Waals surface area contributed by atoms with E-state index in [4.69, 9.17) is 4.74 Å². The van der Waals surface area contributed by atoms with Crippen molar-refractivity contribution in [2.24, 2.45) is 0 Å². The average molecular weight is 533 g/mol. The molecular weight excluding hydrogens is 505 g/mol. The van der Waals surface area contributed by atoms with Crippen LogP contribution >= 0.6 is 11.3 Å². The van der Waals surface area contributed by atoms with Gasteiger partial charge in [0.25, 0.3) is 5.91 Å². The summed E-state index contributed by atoms with van der Waals surface area (Å²) in [5.41, 5.74) is 1.91. The third-order valence-electron chi connectivity index (χ3n) is 6.72. The number of fused-ring (bicyclic) bond motifs is 2. The second kappa shape index (κ2) is 10.2. The Morgan fingerprint density at radius 1 is 1.22 bits per heavy atom. The molecule has 7 nitrogen and oxygen atoms in total. The van der Waals surface area contributed by atoms with Crippen molar-refractivity contribution in [2.75, 3.05) is 17.2 Å². The molecule has 0 radical (unpaired) electrons. The lowest BCUT2D eigenvalue weighted by Gasteiger charge is -2.34. The summed E-state index contributed by atoms with van der Waals surface area (Å²) in [6.07, 6.45) is 0.455. The molecule has 5 rings (SSSR count). The summed E-state index contributed by atoms with van der Waals surface area (Å²) in [5.74, 6) is -1.13. The first-order valence-electron chi connectivity index (χ1n) is 12.4. The number of rotatable bonds is 6. The topological polar surface area (TPSA) is 85.2 Å². The lowest BCUT2D eigenvalue weighted by atomic mass is 9.95. The van der Waals surface area contributed by atoms with Crippen LogP contribution in [0.3, 0.4) is 0 Å². The number of halogens is 3. The molecule has 0 unspecified atom stereocenters. The molecule has 3 heterocycles. The highest BCUT2D eigenvalue weighted by Crippen LogP contribution is 2.45. The molecule has 1 amide bonds. The number of nitrogens with zero attached hydrogens (tertiary/aromatic N) is 2. The molecule has 11 heteroatoms. The lowest BCUT2D eigenvalue weighted by molar-refractivity contribution is -0.173. The fraction of sp³-hybridized carbons (Fsp3) is 0.423. The van der Waals surface area contributed by atoms with Crippen molar-refractivity contribution in [2.45, 2.75) is 63.7 Å². The number of thiophene rings is 1. The highest BCUT2D eigenvalue weighted by Gasteiger charge is 2.47. The Hall–Kier alpha value is -3.34. The Morgan fingerprint density at radius 2 is 1.97 bits per heavy atom. The first-order chi connectivity index (χ1) is 17.8. The number of nitrogens with one attached hydrogen (secondary N) is 2. The molecule has 0 spiro atoms. The normalized spacial score (nSPS) is 18.9. The number of alkyl halides is 3. The van der Waals surface area contributed by atoms with Crippen LogP contribution in [-0.2, 0) is 17.6 Å². The third-order valence-corrected chi connectivity index (χ3v) is 7.93. The molecule has 0 saturated carbocycles. The molecule has 37 heavy (non-hydrogen) atoms. The third kappa shape index (κ3) is 4.96. The van der Waals surface area contributed by atoms with Gasteiger partial charge in [-0.3, -0.25) is 4.79 Å². The summed E-state index contributed by atoms with van der Waals surface area (Å²) in [5, 5.41) is 10.2. The van der Waals surface area contributed by atoms with E-state index in [1.54, 1.807) is 30.3 Å². The number of ether oxygens (including phenoxy) is 1. The number of amides is 1. The minimum atomic E-state index is -4.55. The first-order valence-corrected chi connectivity index (χ1v) is 13.2. The van der Waals surface area contributed by atoms with Gasteiger partial charge in [0, 0.05) is 11.3 Å². The van der Waals surface area contributed by atoms with Gasteiger partial charge in [0.05, 0.1) is 24.4 Å². The number of carbonyl (C=O) groups excluding carboxylic acids is 2. The molecule has 2 N–H and O–H groups in total. The number of anilines is 2. The molecule has 1 aliphatic carbocycles. The second-order valence-electron chi connectivity index (χ2n) is 9.26. The Morgan fingerprint density at radius 3 is 2.70 bits per heavy atom. The van der Waals surface area contributed by atoms with E-state index in [0.29, 0.717) is 22.5 Å². The molecule has 2 aliphatic rings. The number of hydrogen-bond donors (Lipinski definition) is 2. The predicted molar refractivity (Wildman–Crippen MR) is 134 cm³/mol. The van der Waals surface area contributed by atoms with Crippen LogP contribution in [0.4, 0.5) is 24.0 Å². The zero-order valence-electron chi connectivity index (χ0n) is 20.2. The van der Waals surface area contributed by atoms with E-state index in [2.05, 4.69) is 15.7 Å². The summed E-state index contributed by atoms with van der Waals surface area (Å²) >= 11 is 1.33. The van der Waals surface area contributed by atoms with Gasteiger partial charge in [-0.2, -0.15) is 18.3 Å². The van der Waals surface area contributed by atoms with Crippen LogP contribution in [0.2, 0.25) is 0 Å². The predicted octanol–water partition coefficient (Wildman–Crippen LogP) is 6.30. The van der Waals surface area contributed by atoms with E-state index in [0.717, 1.165) is 47.0 Å². The van der Waals surface area contributed by atoms with Crippen LogP contribution in [0.1, 0.15) is 81.4 Å². The fourth-order valence-electron chi connectivity index (χ4n) is 4.94. The van der Waals surface area contributed by atoms with Crippen molar-refractivity contribution in [1.82, 2.24) is 9.78 Å². The van der Waals surface area contributed by atoms with Crippen LogP contribution in [-0.4, -0.2) is 34.4 Å². The van der Waals surface area contributed by atoms with Crippen molar-refractivity contribution >= 4 is 34.0 Å². The maximum Gasteiger partial charge on any atom is 0.410 e. The fourth-order valence-corrected chi connectivity index (χ4v) is 6.21. The summed E-state index contributed by atoms with van der Waals surface area (Å²) in [6.45, 7) is 2.16. The maximum atomic E-state index is 14.0. The van der Waals surface area contributed by atoms with Gasteiger partial charge < -0.3 is 15.4 Å². The largest absolute Gasteiger partial charge is 0.462 e. The van der Waals surface area contributed by atoms with Crippen molar-refractivity contribution in [1.29, 1.82) is 0 Å². The molecule has 196 valence electrons. The number of aryl methyl sites for hydroxylation is 1. The summed E-state index contributed by atoms with van der Waals surface area (Å²) in [6, 6.07) is 6.28. The molecule has 2 aromatic heterocycles. The van der Waals surface area contributed by atoms with Gasteiger partial charge in [0.15, 0.2) is 6.04 Å². The summed E-state index contributed by atoms with van der Waals surface area (Å²) < 4.78 is 48.2. The van der Waals surface area contributed by atoms with Crippen LogP contribution in [0.15, 0.2) is 36.5 Å². The highest BCUT2D eigenvalue weighted by molar-refractivity contribution is 7.17. The maximum absolute atomic E-state index is 14.0. The molecule has 1 aromatic carbocycles. The highest BCUT2D eigenvalue weighted by atomic mass is 32.1. The van der Waals surface area contributed by atoms with Gasteiger partial charge in [0.1, 0.15) is 16.4 Å². The zero-order valence-corrected chi connectivity index (χ0v) is 21.0.